The number of imide groups is 1. The summed E-state index contributed by atoms with van der Waals surface area (Å²) in [6, 6.07) is 3.20. The highest BCUT2D eigenvalue weighted by Gasteiger charge is 2.45. The van der Waals surface area contributed by atoms with Crippen LogP contribution in [0.5, 0.6) is 0 Å². The van der Waals surface area contributed by atoms with E-state index in [2.05, 4.69) is 5.32 Å². The first kappa shape index (κ1) is 25.5. The van der Waals surface area contributed by atoms with E-state index >= 15 is 0 Å². The second-order valence-electron chi connectivity index (χ2n) is 7.35. The summed E-state index contributed by atoms with van der Waals surface area (Å²) in [4.78, 5) is 24.4. The van der Waals surface area contributed by atoms with Gasteiger partial charge in [-0.3, -0.25) is 4.79 Å². The van der Waals surface area contributed by atoms with Crippen molar-refractivity contribution < 1.29 is 18.0 Å². The molecule has 1 N–H and O–H groups in total. The molecule has 0 atom stereocenters. The zero-order valence-electron chi connectivity index (χ0n) is 16.7. The number of unbranched alkanes of at least 4 members (excludes halogenated alkanes) is 8. The lowest BCUT2D eigenvalue weighted by atomic mass is 10.1. The standard InChI is InChI=1S/C19H27Cl3N2O4SSi/c20-30(21,22)15-11-7-5-3-1-2-4-6-10-14-23-19(26)24-18(25)16-12-8-9-13-17(16)29(24,27)28/h8-9,12-13H,1-7,10-11,14-15H2,(H,23,26). The van der Waals surface area contributed by atoms with Gasteiger partial charge in [0.2, 0.25) is 0 Å². The molecule has 2 rings (SSSR count). The molecular weight excluding hydrogens is 487 g/mol. The topological polar surface area (TPSA) is 83.6 Å². The monoisotopic (exact) mass is 512 g/mol. The van der Waals surface area contributed by atoms with Gasteiger partial charge in [0, 0.05) is 6.54 Å². The maximum absolute atomic E-state index is 12.4. The molecule has 3 amide bonds. The molecule has 1 aromatic rings. The van der Waals surface area contributed by atoms with E-state index in [1.165, 1.54) is 18.2 Å². The van der Waals surface area contributed by atoms with E-state index in [9.17, 15) is 18.0 Å². The number of carbonyl (C=O) groups is 2. The summed E-state index contributed by atoms with van der Waals surface area (Å²) in [5.41, 5.74) is 0.0296. The third kappa shape index (κ3) is 7.41. The Kier molecular flexibility index (Phi) is 9.94. The van der Waals surface area contributed by atoms with E-state index in [4.69, 9.17) is 33.2 Å². The van der Waals surface area contributed by atoms with Crippen LogP contribution in [0.1, 0.15) is 68.1 Å². The number of nitrogens with one attached hydrogen (secondary N) is 1. The van der Waals surface area contributed by atoms with E-state index in [1.54, 1.807) is 6.07 Å². The number of sulfonamides is 1. The van der Waals surface area contributed by atoms with Gasteiger partial charge in [-0.25, -0.2) is 13.2 Å². The van der Waals surface area contributed by atoms with Crippen LogP contribution in [0, 0.1) is 0 Å². The first-order valence-electron chi connectivity index (χ1n) is 10.2. The summed E-state index contributed by atoms with van der Waals surface area (Å²) >= 11 is 17.5. The molecule has 30 heavy (non-hydrogen) atoms. The van der Waals surface area contributed by atoms with Crippen molar-refractivity contribution in [2.24, 2.45) is 0 Å². The molecule has 1 aromatic carbocycles. The Morgan fingerprint density at radius 1 is 0.900 bits per heavy atom. The van der Waals surface area contributed by atoms with Crippen LogP contribution in [0.3, 0.4) is 0 Å². The average Bonchev–Trinajstić information content (AvgIpc) is 2.88. The van der Waals surface area contributed by atoms with Gasteiger partial charge in [0.25, 0.3) is 15.9 Å². The molecule has 6 nitrogen and oxygen atoms in total. The van der Waals surface area contributed by atoms with Crippen LogP contribution in [0.15, 0.2) is 29.2 Å². The van der Waals surface area contributed by atoms with Crippen molar-refractivity contribution in [2.75, 3.05) is 6.54 Å². The molecule has 0 fully saturated rings. The van der Waals surface area contributed by atoms with E-state index in [-0.39, 0.29) is 10.5 Å². The Morgan fingerprint density at radius 2 is 1.43 bits per heavy atom. The second kappa shape index (κ2) is 11.7. The molecule has 11 heteroatoms. The molecule has 0 spiro atoms. The van der Waals surface area contributed by atoms with Crippen LogP contribution < -0.4 is 5.32 Å². The summed E-state index contributed by atoms with van der Waals surface area (Å²) in [6.07, 6.45) is 9.34. The van der Waals surface area contributed by atoms with Crippen LogP contribution in [-0.2, 0) is 10.0 Å². The number of carbonyl (C=O) groups excluding carboxylic acids is 2. The number of halogens is 3. The molecule has 0 saturated heterocycles. The number of rotatable bonds is 12. The molecule has 0 saturated carbocycles. The van der Waals surface area contributed by atoms with Crippen LogP contribution >= 0.6 is 33.2 Å². The molecule has 1 aliphatic heterocycles. The number of fused-ring (bicyclic) bond motifs is 1. The second-order valence-corrected chi connectivity index (χ2v) is 18.4. The molecule has 1 heterocycles. The number of amides is 3. The van der Waals surface area contributed by atoms with Crippen LogP contribution in [0.2, 0.25) is 6.04 Å². The molecule has 0 bridgehead atoms. The maximum atomic E-state index is 12.4. The predicted octanol–water partition coefficient (Wildman–Crippen LogP) is 5.71. The minimum atomic E-state index is -4.12. The van der Waals surface area contributed by atoms with Gasteiger partial charge in [0.05, 0.1) is 5.56 Å². The smallest absolute Gasteiger partial charge is 0.337 e. The minimum absolute atomic E-state index is 0.0296. The van der Waals surface area contributed by atoms with Crippen LogP contribution in [0.25, 0.3) is 0 Å². The lowest BCUT2D eigenvalue weighted by Gasteiger charge is -2.14. The van der Waals surface area contributed by atoms with Gasteiger partial charge < -0.3 is 5.32 Å². The van der Waals surface area contributed by atoms with Gasteiger partial charge in [0.1, 0.15) is 4.90 Å². The minimum Gasteiger partial charge on any atom is -0.337 e. The maximum Gasteiger partial charge on any atom is 0.341 e. The number of nitrogens with zero attached hydrogens (tertiary/aromatic N) is 1. The van der Waals surface area contributed by atoms with Crippen molar-refractivity contribution in [3.05, 3.63) is 29.8 Å². The van der Waals surface area contributed by atoms with Gasteiger partial charge >= 0.3 is 12.0 Å². The number of hydrogen-bond donors (Lipinski definition) is 1. The Bertz CT molecular complexity index is 846. The fourth-order valence-corrected chi connectivity index (χ4v) is 6.68. The Morgan fingerprint density at radius 3 is 2.00 bits per heavy atom. The van der Waals surface area contributed by atoms with Gasteiger partial charge in [-0.2, -0.15) is 0 Å². The van der Waals surface area contributed by atoms with Crippen molar-refractivity contribution in [3.8, 4) is 0 Å². The summed E-state index contributed by atoms with van der Waals surface area (Å²) in [7, 11) is -4.12. The van der Waals surface area contributed by atoms with Crippen molar-refractivity contribution in [1.29, 1.82) is 0 Å². The largest absolute Gasteiger partial charge is 0.341 e. The molecule has 0 aliphatic carbocycles. The van der Waals surface area contributed by atoms with E-state index in [1.807, 2.05) is 0 Å². The molecule has 1 aliphatic rings. The number of hydrogen-bond acceptors (Lipinski definition) is 4. The van der Waals surface area contributed by atoms with E-state index in [0.717, 1.165) is 63.8 Å². The fraction of sp³-hybridized carbons (Fsp3) is 0.579. The Balaban J connectivity index is 1.56. The molecular formula is C19H27Cl3N2O4SSi. The molecule has 0 aromatic heterocycles. The Hall–Kier alpha value is -0.803. The number of urea groups is 1. The molecule has 0 unspecified atom stereocenters. The molecule has 0 radical (unpaired) electrons. The summed E-state index contributed by atoms with van der Waals surface area (Å²) in [5.74, 6) is -0.806. The predicted molar refractivity (Wildman–Crippen MR) is 123 cm³/mol. The van der Waals surface area contributed by atoms with Gasteiger partial charge in [-0.15, -0.1) is 37.5 Å². The highest BCUT2D eigenvalue weighted by Crippen LogP contribution is 2.30. The number of benzene rings is 1. The van der Waals surface area contributed by atoms with Crippen molar-refractivity contribution >= 4 is 61.2 Å². The average molecular weight is 514 g/mol. The van der Waals surface area contributed by atoms with Crippen molar-refractivity contribution in [2.45, 2.75) is 68.7 Å². The van der Waals surface area contributed by atoms with Crippen molar-refractivity contribution in [1.82, 2.24) is 9.62 Å². The molecule has 168 valence electrons. The van der Waals surface area contributed by atoms with Crippen LogP contribution in [-0.4, -0.2) is 37.2 Å². The SMILES string of the molecule is O=C(NCCCCCCCCCCC[Si](Cl)(Cl)Cl)N1C(=O)c2ccccc2S1(=O)=O. The lowest BCUT2D eigenvalue weighted by molar-refractivity contribution is 0.0893. The van der Waals surface area contributed by atoms with Gasteiger partial charge in [-0.1, -0.05) is 63.5 Å². The van der Waals surface area contributed by atoms with Crippen molar-refractivity contribution in [3.63, 3.8) is 0 Å². The lowest BCUT2D eigenvalue weighted by Crippen LogP contribution is -2.43. The Labute approximate surface area is 193 Å². The zero-order chi connectivity index (χ0) is 22.2. The quantitative estimate of drug-likeness (QED) is 0.220. The van der Waals surface area contributed by atoms with Gasteiger partial charge in [-0.05, 0) is 24.6 Å². The summed E-state index contributed by atoms with van der Waals surface area (Å²) in [5, 5.41) is 2.54. The van der Waals surface area contributed by atoms with E-state index < -0.39 is 28.0 Å². The normalized spacial score (nSPS) is 15.3. The summed E-state index contributed by atoms with van der Waals surface area (Å²) in [6.45, 7) is 0.329. The summed E-state index contributed by atoms with van der Waals surface area (Å²) < 4.78 is 25.1. The first-order valence-corrected chi connectivity index (χ1v) is 16.9. The highest BCUT2D eigenvalue weighted by molar-refractivity contribution is 7.90. The first-order chi connectivity index (χ1) is 14.1. The zero-order valence-corrected chi connectivity index (χ0v) is 20.8. The highest BCUT2D eigenvalue weighted by atomic mass is 35.8. The third-order valence-corrected chi connectivity index (χ3v) is 9.26. The fourth-order valence-electron chi connectivity index (χ4n) is 3.34. The van der Waals surface area contributed by atoms with Crippen LogP contribution in [0.4, 0.5) is 4.79 Å². The third-order valence-electron chi connectivity index (χ3n) is 4.92. The van der Waals surface area contributed by atoms with Gasteiger partial charge in [0.15, 0.2) is 0 Å². The van der Waals surface area contributed by atoms with E-state index in [0.29, 0.717) is 10.8 Å².